The van der Waals surface area contributed by atoms with Gasteiger partial charge in [-0.1, -0.05) is 35.0 Å². The van der Waals surface area contributed by atoms with Crippen LogP contribution in [-0.4, -0.2) is 31.4 Å². The second kappa shape index (κ2) is 8.18. The number of hydrogen-bond donors (Lipinski definition) is 1. The van der Waals surface area contributed by atoms with E-state index in [9.17, 15) is 4.79 Å². The van der Waals surface area contributed by atoms with Gasteiger partial charge >= 0.3 is 0 Å². The van der Waals surface area contributed by atoms with Crippen LogP contribution in [0.25, 0.3) is 11.4 Å². The molecule has 3 rings (SSSR count). The van der Waals surface area contributed by atoms with Gasteiger partial charge in [0.2, 0.25) is 5.91 Å². The van der Waals surface area contributed by atoms with Gasteiger partial charge < -0.3 is 9.88 Å². The molecule has 2 heterocycles. The molecule has 0 bridgehead atoms. The van der Waals surface area contributed by atoms with Crippen LogP contribution in [-0.2, 0) is 11.3 Å². The molecular formula is C15H13Cl2N5OS2. The van der Waals surface area contributed by atoms with Gasteiger partial charge in [-0.05, 0) is 25.1 Å². The molecule has 10 heteroatoms. The summed E-state index contributed by atoms with van der Waals surface area (Å²) in [5, 5.41) is 15.3. The number of thioether (sulfide) groups is 1. The SMILES string of the molecule is CCn1c(SCC(=O)Nc2nccs2)nnc1-c1ccc(Cl)cc1Cl. The molecule has 1 amide bonds. The Bertz CT molecular complexity index is 882. The molecule has 1 N–H and O–H groups in total. The van der Waals surface area contributed by atoms with Crippen molar-refractivity contribution in [3.05, 3.63) is 39.8 Å². The minimum absolute atomic E-state index is 0.142. The van der Waals surface area contributed by atoms with Gasteiger partial charge in [0.1, 0.15) is 0 Å². The highest BCUT2D eigenvalue weighted by atomic mass is 35.5. The van der Waals surface area contributed by atoms with Gasteiger partial charge in [0.15, 0.2) is 16.1 Å². The van der Waals surface area contributed by atoms with E-state index >= 15 is 0 Å². The minimum Gasteiger partial charge on any atom is -0.302 e. The largest absolute Gasteiger partial charge is 0.302 e. The molecule has 0 spiro atoms. The lowest BCUT2D eigenvalue weighted by Gasteiger charge is -2.08. The number of anilines is 1. The summed E-state index contributed by atoms with van der Waals surface area (Å²) in [5.41, 5.74) is 0.750. The number of nitrogens with zero attached hydrogens (tertiary/aromatic N) is 4. The Morgan fingerprint density at radius 2 is 2.20 bits per heavy atom. The number of hydrogen-bond acceptors (Lipinski definition) is 6. The number of amides is 1. The summed E-state index contributed by atoms with van der Waals surface area (Å²) in [4.78, 5) is 16.0. The van der Waals surface area contributed by atoms with E-state index < -0.39 is 0 Å². The van der Waals surface area contributed by atoms with E-state index in [0.29, 0.717) is 32.7 Å². The molecule has 3 aromatic rings. The summed E-state index contributed by atoms with van der Waals surface area (Å²) in [6.45, 7) is 2.63. The molecule has 130 valence electrons. The molecule has 0 radical (unpaired) electrons. The van der Waals surface area contributed by atoms with Gasteiger partial charge in [-0.2, -0.15) is 0 Å². The van der Waals surface area contributed by atoms with E-state index in [2.05, 4.69) is 20.5 Å². The molecule has 0 aliphatic carbocycles. The first kappa shape index (κ1) is 18.2. The molecule has 0 aliphatic rings. The van der Waals surface area contributed by atoms with Crippen molar-refractivity contribution in [3.8, 4) is 11.4 Å². The number of nitrogens with one attached hydrogen (secondary N) is 1. The van der Waals surface area contributed by atoms with E-state index in [0.717, 1.165) is 5.56 Å². The van der Waals surface area contributed by atoms with E-state index in [1.807, 2.05) is 17.6 Å². The van der Waals surface area contributed by atoms with Crippen molar-refractivity contribution in [1.82, 2.24) is 19.7 Å². The predicted molar refractivity (Wildman–Crippen MR) is 103 cm³/mol. The molecule has 0 saturated heterocycles. The quantitative estimate of drug-likeness (QED) is 0.603. The van der Waals surface area contributed by atoms with Gasteiger partial charge in [0.25, 0.3) is 0 Å². The normalized spacial score (nSPS) is 10.8. The van der Waals surface area contributed by atoms with Crippen LogP contribution in [0, 0.1) is 0 Å². The zero-order valence-corrected chi connectivity index (χ0v) is 16.2. The van der Waals surface area contributed by atoms with E-state index in [1.165, 1.54) is 23.1 Å². The van der Waals surface area contributed by atoms with Crippen molar-refractivity contribution in [2.75, 3.05) is 11.1 Å². The molecule has 6 nitrogen and oxygen atoms in total. The summed E-state index contributed by atoms with van der Waals surface area (Å²) in [5.74, 6) is 0.718. The fourth-order valence-electron chi connectivity index (χ4n) is 2.12. The van der Waals surface area contributed by atoms with Crippen LogP contribution in [0.1, 0.15) is 6.92 Å². The van der Waals surface area contributed by atoms with Gasteiger partial charge in [-0.25, -0.2) is 4.98 Å². The molecule has 2 aromatic heterocycles. The van der Waals surface area contributed by atoms with E-state index in [1.54, 1.807) is 23.7 Å². The van der Waals surface area contributed by atoms with Crippen molar-refractivity contribution < 1.29 is 4.79 Å². The first-order chi connectivity index (χ1) is 12.1. The molecule has 0 atom stereocenters. The number of rotatable bonds is 6. The topological polar surface area (TPSA) is 72.7 Å². The lowest BCUT2D eigenvalue weighted by atomic mass is 10.2. The first-order valence-electron chi connectivity index (χ1n) is 7.29. The number of carbonyl (C=O) groups excluding carboxylic acids is 1. The molecule has 0 saturated carbocycles. The highest BCUT2D eigenvalue weighted by molar-refractivity contribution is 7.99. The summed E-state index contributed by atoms with van der Waals surface area (Å²) >= 11 is 14.9. The fraction of sp³-hybridized carbons (Fsp3) is 0.200. The maximum Gasteiger partial charge on any atom is 0.236 e. The Morgan fingerprint density at radius 3 is 2.88 bits per heavy atom. The highest BCUT2D eigenvalue weighted by Gasteiger charge is 2.17. The zero-order valence-electron chi connectivity index (χ0n) is 13.1. The van der Waals surface area contributed by atoms with Crippen molar-refractivity contribution >= 4 is 57.3 Å². The molecule has 0 aliphatic heterocycles. The molecule has 25 heavy (non-hydrogen) atoms. The molecule has 0 unspecified atom stereocenters. The van der Waals surface area contributed by atoms with Crippen LogP contribution >= 0.6 is 46.3 Å². The average Bonchev–Trinajstić information content (AvgIpc) is 3.22. The van der Waals surface area contributed by atoms with Crippen LogP contribution in [0.3, 0.4) is 0 Å². The zero-order chi connectivity index (χ0) is 17.8. The summed E-state index contributed by atoms with van der Waals surface area (Å²) < 4.78 is 1.91. The van der Waals surface area contributed by atoms with Crippen molar-refractivity contribution in [1.29, 1.82) is 0 Å². The molecule has 0 fully saturated rings. The van der Waals surface area contributed by atoms with Crippen LogP contribution in [0.4, 0.5) is 5.13 Å². The monoisotopic (exact) mass is 413 g/mol. The molecular weight excluding hydrogens is 401 g/mol. The maximum atomic E-state index is 12.0. The molecule has 1 aromatic carbocycles. The Morgan fingerprint density at radius 1 is 1.36 bits per heavy atom. The van der Waals surface area contributed by atoms with Gasteiger partial charge in [-0.15, -0.1) is 21.5 Å². The van der Waals surface area contributed by atoms with Crippen molar-refractivity contribution in [2.45, 2.75) is 18.6 Å². The average molecular weight is 414 g/mol. The Hall–Kier alpha value is -1.61. The second-order valence-corrected chi connectivity index (χ2v) is 7.53. The van der Waals surface area contributed by atoms with Gasteiger partial charge in [0.05, 0.1) is 10.8 Å². The van der Waals surface area contributed by atoms with Crippen molar-refractivity contribution in [3.63, 3.8) is 0 Å². The van der Waals surface area contributed by atoms with Crippen molar-refractivity contribution in [2.24, 2.45) is 0 Å². The lowest BCUT2D eigenvalue weighted by Crippen LogP contribution is -2.14. The third-order valence-corrected chi connectivity index (χ3v) is 5.42. The Kier molecular flexibility index (Phi) is 5.95. The smallest absolute Gasteiger partial charge is 0.236 e. The Balaban J connectivity index is 1.74. The summed E-state index contributed by atoms with van der Waals surface area (Å²) in [7, 11) is 0. The van der Waals surface area contributed by atoms with Crippen LogP contribution in [0.5, 0.6) is 0 Å². The number of thiazole rings is 1. The fourth-order valence-corrected chi connectivity index (χ4v) is 3.96. The number of halogens is 2. The maximum absolute atomic E-state index is 12.0. The van der Waals surface area contributed by atoms with Crippen LogP contribution in [0.2, 0.25) is 10.0 Å². The predicted octanol–water partition coefficient (Wildman–Crippen LogP) is 4.46. The van der Waals surface area contributed by atoms with Gasteiger partial charge in [-0.3, -0.25) is 4.79 Å². The standard InChI is InChI=1S/C15H13Cl2N5OS2/c1-2-22-13(10-4-3-9(16)7-11(10)17)20-21-15(22)25-8-12(23)19-14-18-5-6-24-14/h3-7H,2,8H2,1H3,(H,18,19,23). The summed E-state index contributed by atoms with van der Waals surface area (Å²) in [6.07, 6.45) is 1.64. The van der Waals surface area contributed by atoms with E-state index in [4.69, 9.17) is 23.2 Å². The van der Waals surface area contributed by atoms with E-state index in [-0.39, 0.29) is 11.7 Å². The number of benzene rings is 1. The number of carbonyl (C=O) groups is 1. The third-order valence-electron chi connectivity index (χ3n) is 3.22. The number of aromatic nitrogens is 4. The highest BCUT2D eigenvalue weighted by Crippen LogP contribution is 2.31. The first-order valence-corrected chi connectivity index (χ1v) is 9.91. The lowest BCUT2D eigenvalue weighted by molar-refractivity contribution is -0.113. The van der Waals surface area contributed by atoms with Crippen LogP contribution in [0.15, 0.2) is 34.9 Å². The summed E-state index contributed by atoms with van der Waals surface area (Å²) in [6, 6.07) is 5.23. The van der Waals surface area contributed by atoms with Gasteiger partial charge in [0, 0.05) is 28.7 Å². The third kappa shape index (κ3) is 4.33. The second-order valence-electron chi connectivity index (χ2n) is 4.85. The van der Waals surface area contributed by atoms with Crippen LogP contribution < -0.4 is 5.32 Å². The Labute approximate surface area is 162 Å². The minimum atomic E-state index is -0.142.